The molecule has 1 rings (SSSR count). The second-order valence-electron chi connectivity index (χ2n) is 7.24. The summed E-state index contributed by atoms with van der Waals surface area (Å²) in [5.74, 6) is 0. The summed E-state index contributed by atoms with van der Waals surface area (Å²) < 4.78 is 6.81. The first-order valence-electron chi connectivity index (χ1n) is 9.18. The molecule has 0 saturated carbocycles. The van der Waals surface area contributed by atoms with Crippen LogP contribution in [0, 0.1) is 0 Å². The van der Waals surface area contributed by atoms with Crippen LogP contribution in [0.15, 0.2) is 24.3 Å². The Bertz CT molecular complexity index is 407. The molecule has 1 aromatic carbocycles. The summed E-state index contributed by atoms with van der Waals surface area (Å²) in [6, 6.07) is 7.89. The number of halogens is 2. The van der Waals surface area contributed by atoms with Gasteiger partial charge < -0.3 is 21.6 Å². The molecule has 0 amide bonds. The van der Waals surface area contributed by atoms with Crippen molar-refractivity contribution in [2.45, 2.75) is 64.9 Å². The third-order valence-electron chi connectivity index (χ3n) is 4.24. The molecule has 0 atom stereocenters. The fourth-order valence-electron chi connectivity index (χ4n) is 2.73. The van der Waals surface area contributed by atoms with Crippen LogP contribution in [0.3, 0.4) is 0 Å². The van der Waals surface area contributed by atoms with Crippen LogP contribution in [0.4, 0.5) is 0 Å². The lowest BCUT2D eigenvalue weighted by Gasteiger charge is -2.29. The van der Waals surface area contributed by atoms with Crippen LogP contribution in [-0.4, -0.2) is 31.9 Å². The summed E-state index contributed by atoms with van der Waals surface area (Å²) in [4.78, 5) is 0. The van der Waals surface area contributed by atoms with Crippen molar-refractivity contribution in [3.05, 3.63) is 34.9 Å². The first-order valence-corrected chi connectivity index (χ1v) is 9.55. The van der Waals surface area contributed by atoms with E-state index in [2.05, 4.69) is 21.0 Å². The number of hydrogen-bond donors (Lipinski definition) is 0. The normalized spacial score (nSPS) is 11.3. The molecule has 1 aromatic rings. The van der Waals surface area contributed by atoms with Crippen LogP contribution in [0.5, 0.6) is 0 Å². The van der Waals surface area contributed by atoms with E-state index in [-0.39, 0.29) is 12.4 Å². The van der Waals surface area contributed by atoms with E-state index in [1.165, 1.54) is 63.5 Å². The second kappa shape index (κ2) is 13.9. The highest BCUT2D eigenvalue weighted by Gasteiger charge is 2.14. The third-order valence-corrected chi connectivity index (χ3v) is 4.49. The van der Waals surface area contributed by atoms with E-state index in [0.29, 0.717) is 6.61 Å². The van der Waals surface area contributed by atoms with E-state index in [1.807, 2.05) is 24.3 Å². The van der Waals surface area contributed by atoms with Crippen LogP contribution in [0.1, 0.15) is 63.9 Å². The maximum Gasteiger partial charge on any atom is 0.183 e. The molecule has 4 heteroatoms. The zero-order valence-corrected chi connectivity index (χ0v) is 17.2. The zero-order chi connectivity index (χ0) is 17.0. The van der Waals surface area contributed by atoms with Crippen LogP contribution >= 0.6 is 11.6 Å². The van der Waals surface area contributed by atoms with Crippen molar-refractivity contribution in [2.75, 3.05) is 27.4 Å². The number of rotatable bonds is 13. The summed E-state index contributed by atoms with van der Waals surface area (Å²) in [6.07, 6.45) is 11.0. The van der Waals surface area contributed by atoms with E-state index in [0.717, 1.165) is 16.2 Å². The minimum atomic E-state index is 0. The standard InChI is InChI=1S/C20H35ClNO.ClH/c1-4-5-6-7-8-9-10-11-16-22(2,3)18-23-17-19-12-14-20(21)15-13-19;/h12-15H,4-11,16-18H2,1-3H3;1H/q+1;/p-1. The topological polar surface area (TPSA) is 9.23 Å². The molecule has 0 fully saturated rings. The molecule has 2 nitrogen and oxygen atoms in total. The largest absolute Gasteiger partial charge is 1.00 e. The summed E-state index contributed by atoms with van der Waals surface area (Å²) >= 11 is 5.89. The minimum absolute atomic E-state index is 0. The fourth-order valence-corrected chi connectivity index (χ4v) is 2.86. The molecule has 0 heterocycles. The summed E-state index contributed by atoms with van der Waals surface area (Å²) in [5.41, 5.74) is 1.18. The molecule has 0 aliphatic heterocycles. The van der Waals surface area contributed by atoms with Crippen LogP contribution in [0.2, 0.25) is 5.02 Å². The Morgan fingerprint density at radius 1 is 0.875 bits per heavy atom. The third kappa shape index (κ3) is 12.1. The van der Waals surface area contributed by atoms with Gasteiger partial charge in [-0.1, -0.05) is 69.2 Å². The van der Waals surface area contributed by atoms with Gasteiger partial charge in [0.05, 0.1) is 27.2 Å². The van der Waals surface area contributed by atoms with Crippen molar-refractivity contribution in [1.29, 1.82) is 0 Å². The monoisotopic (exact) mass is 375 g/mol. The fraction of sp³-hybridized carbons (Fsp3) is 0.700. The van der Waals surface area contributed by atoms with Gasteiger partial charge in [-0.05, 0) is 30.5 Å². The van der Waals surface area contributed by atoms with Gasteiger partial charge in [0.2, 0.25) is 0 Å². The van der Waals surface area contributed by atoms with Crippen LogP contribution in [0.25, 0.3) is 0 Å². The average molecular weight is 376 g/mol. The maximum atomic E-state index is 5.89. The van der Waals surface area contributed by atoms with Crippen molar-refractivity contribution in [3.63, 3.8) is 0 Å². The Kier molecular flexibility index (Phi) is 13.8. The van der Waals surface area contributed by atoms with Gasteiger partial charge in [0.15, 0.2) is 6.73 Å². The van der Waals surface area contributed by atoms with Crippen LogP contribution < -0.4 is 12.4 Å². The highest BCUT2D eigenvalue weighted by molar-refractivity contribution is 6.30. The van der Waals surface area contributed by atoms with Crippen molar-refractivity contribution in [2.24, 2.45) is 0 Å². The van der Waals surface area contributed by atoms with Gasteiger partial charge in [-0.15, -0.1) is 0 Å². The molecule has 0 N–H and O–H groups in total. The van der Waals surface area contributed by atoms with Gasteiger partial charge in [0.25, 0.3) is 0 Å². The average Bonchev–Trinajstić information content (AvgIpc) is 2.52. The molecular weight excluding hydrogens is 341 g/mol. The van der Waals surface area contributed by atoms with E-state index < -0.39 is 0 Å². The molecule has 0 saturated heterocycles. The molecule has 24 heavy (non-hydrogen) atoms. The molecule has 0 unspecified atom stereocenters. The Balaban J connectivity index is 0.00000529. The van der Waals surface area contributed by atoms with Gasteiger partial charge in [-0.25, -0.2) is 0 Å². The van der Waals surface area contributed by atoms with Crippen molar-refractivity contribution in [3.8, 4) is 0 Å². The van der Waals surface area contributed by atoms with Crippen LogP contribution in [-0.2, 0) is 11.3 Å². The van der Waals surface area contributed by atoms with Gasteiger partial charge in [-0.2, -0.15) is 0 Å². The predicted octanol–water partition coefficient (Wildman–Crippen LogP) is 3.04. The van der Waals surface area contributed by atoms with E-state index in [9.17, 15) is 0 Å². The Labute approximate surface area is 160 Å². The lowest BCUT2D eigenvalue weighted by atomic mass is 10.1. The Hall–Kier alpha value is -0.280. The van der Waals surface area contributed by atoms with Gasteiger partial charge in [0, 0.05) is 5.02 Å². The van der Waals surface area contributed by atoms with Crippen molar-refractivity contribution in [1.82, 2.24) is 0 Å². The molecule has 0 radical (unpaired) electrons. The smallest absolute Gasteiger partial charge is 0.183 e. The predicted molar refractivity (Wildman–Crippen MR) is 101 cm³/mol. The number of ether oxygens (including phenoxy) is 1. The summed E-state index contributed by atoms with van der Waals surface area (Å²) in [5, 5.41) is 0.777. The molecule has 0 aliphatic rings. The van der Waals surface area contributed by atoms with Crippen molar-refractivity contribution < 1.29 is 21.6 Å². The lowest BCUT2D eigenvalue weighted by Crippen LogP contribution is -3.00. The number of unbranched alkanes of at least 4 members (excludes halogenated alkanes) is 7. The number of nitrogens with zero attached hydrogens (tertiary/aromatic N) is 1. The SMILES string of the molecule is CCCCCCCCCC[N+](C)(C)COCc1ccc(Cl)cc1.[Cl-]. The number of quaternary nitrogens is 1. The molecule has 0 aliphatic carbocycles. The summed E-state index contributed by atoms with van der Waals surface area (Å²) in [7, 11) is 4.51. The molecule has 0 bridgehead atoms. The molecule has 0 spiro atoms. The van der Waals surface area contributed by atoms with Crippen molar-refractivity contribution >= 4 is 11.6 Å². The molecule has 140 valence electrons. The van der Waals surface area contributed by atoms with Gasteiger partial charge in [-0.3, -0.25) is 0 Å². The Morgan fingerprint density at radius 3 is 2.00 bits per heavy atom. The zero-order valence-electron chi connectivity index (χ0n) is 15.7. The van der Waals surface area contributed by atoms with Gasteiger partial charge >= 0.3 is 0 Å². The van der Waals surface area contributed by atoms with E-state index >= 15 is 0 Å². The number of benzene rings is 1. The molecule has 0 aromatic heterocycles. The lowest BCUT2D eigenvalue weighted by molar-refractivity contribution is -0.910. The highest BCUT2D eigenvalue weighted by atomic mass is 35.5. The number of hydrogen-bond acceptors (Lipinski definition) is 1. The van der Waals surface area contributed by atoms with E-state index in [4.69, 9.17) is 16.3 Å². The highest BCUT2D eigenvalue weighted by Crippen LogP contribution is 2.12. The Morgan fingerprint density at radius 2 is 1.42 bits per heavy atom. The maximum absolute atomic E-state index is 5.89. The second-order valence-corrected chi connectivity index (χ2v) is 7.67. The van der Waals surface area contributed by atoms with Gasteiger partial charge in [0.1, 0.15) is 0 Å². The minimum Gasteiger partial charge on any atom is -1.00 e. The first kappa shape index (κ1) is 23.7. The molecular formula is C20H35Cl2NO. The first-order chi connectivity index (χ1) is 11.0. The van der Waals surface area contributed by atoms with E-state index in [1.54, 1.807) is 0 Å². The summed E-state index contributed by atoms with van der Waals surface area (Å²) in [6.45, 7) is 4.89. The quantitative estimate of drug-likeness (QED) is 0.292.